The summed E-state index contributed by atoms with van der Waals surface area (Å²) in [7, 11) is -2.37. The van der Waals surface area contributed by atoms with Gasteiger partial charge in [-0.25, -0.2) is 0 Å². The van der Waals surface area contributed by atoms with Gasteiger partial charge in [0.15, 0.2) is 0 Å². The molecule has 5 heteroatoms. The monoisotopic (exact) mass is 441 g/mol. The Bertz CT molecular complexity index is 1010. The van der Waals surface area contributed by atoms with Crippen LogP contribution in [-0.2, 0) is 4.79 Å². The van der Waals surface area contributed by atoms with Crippen LogP contribution >= 0.6 is 0 Å². The van der Waals surface area contributed by atoms with Crippen molar-refractivity contribution >= 4 is 44.9 Å². The molecule has 0 amide bonds. The van der Waals surface area contributed by atoms with Gasteiger partial charge in [0.05, 0.1) is 0 Å². The van der Waals surface area contributed by atoms with Crippen LogP contribution in [0.15, 0.2) is 57.6 Å². The van der Waals surface area contributed by atoms with Crippen molar-refractivity contribution in [1.82, 2.24) is 0 Å². The van der Waals surface area contributed by atoms with E-state index in [0.717, 1.165) is 22.2 Å². The third-order valence-corrected chi connectivity index (χ3v) is 13.9. The first kappa shape index (κ1) is 18.4. The first-order valence-corrected chi connectivity index (χ1v) is 13.3. The number of aliphatic imine (C=N–C) groups is 1. The van der Waals surface area contributed by atoms with E-state index in [9.17, 15) is 9.90 Å². The summed E-state index contributed by atoms with van der Waals surface area (Å²) < 4.78 is 1.20. The molecule has 138 valence electrons. The van der Waals surface area contributed by atoms with Gasteiger partial charge in [-0.15, -0.1) is 0 Å². The summed E-state index contributed by atoms with van der Waals surface area (Å²) in [5, 5.41) is 13.2. The van der Waals surface area contributed by atoms with Crippen LogP contribution in [0.5, 0.6) is 5.75 Å². The summed E-state index contributed by atoms with van der Waals surface area (Å²) >= 11 is 0.210. The van der Waals surface area contributed by atoms with Gasteiger partial charge < -0.3 is 0 Å². The van der Waals surface area contributed by atoms with Crippen molar-refractivity contribution in [2.24, 2.45) is 4.99 Å². The summed E-state index contributed by atoms with van der Waals surface area (Å²) in [6, 6.07) is 7.92. The van der Waals surface area contributed by atoms with E-state index in [0.29, 0.717) is 16.8 Å². The van der Waals surface area contributed by atoms with E-state index in [1.807, 2.05) is 18.2 Å². The van der Waals surface area contributed by atoms with Crippen LogP contribution in [0.25, 0.3) is 10.0 Å². The number of carbonyl (C=O) groups excluding carboxylic acids is 1. The number of phenols is 1. The molecule has 1 N–H and O–H groups in total. The van der Waals surface area contributed by atoms with Crippen molar-refractivity contribution in [2.45, 2.75) is 38.8 Å². The Morgan fingerprint density at radius 3 is 2.44 bits per heavy atom. The molecular formula is C22H23NO2SeSi. The third kappa shape index (κ3) is 2.60. The number of aromatic hydroxyl groups is 1. The zero-order chi connectivity index (χ0) is 19.3. The Labute approximate surface area is 166 Å². The zero-order valence-corrected chi connectivity index (χ0v) is 18.7. The second kappa shape index (κ2) is 6.59. The minimum atomic E-state index is -2.37. The third-order valence-electron chi connectivity index (χ3n) is 5.82. The first-order chi connectivity index (χ1) is 12.9. The van der Waals surface area contributed by atoms with Crippen molar-refractivity contribution in [1.29, 1.82) is 0 Å². The standard InChI is InChI=1S/C22H23NO2SeSi/c1-13(2)27(14(3)4)20-12-15(24)7-8-16(20)23-17-9-10-18(25)21(22(17)27)19-6-5-11-26-19/h5-14,25H,1-4H3. The van der Waals surface area contributed by atoms with Crippen LogP contribution in [-0.4, -0.2) is 39.2 Å². The van der Waals surface area contributed by atoms with E-state index in [1.54, 1.807) is 12.1 Å². The Morgan fingerprint density at radius 1 is 1.07 bits per heavy atom. The summed E-state index contributed by atoms with van der Waals surface area (Å²) in [6.07, 6.45) is 5.30. The molecule has 27 heavy (non-hydrogen) atoms. The van der Waals surface area contributed by atoms with Gasteiger partial charge in [0.2, 0.25) is 0 Å². The molecule has 2 aliphatic rings. The molecule has 0 fully saturated rings. The number of nitrogens with zero attached hydrogens (tertiary/aromatic N) is 1. The minimum absolute atomic E-state index is 0.0400. The van der Waals surface area contributed by atoms with E-state index >= 15 is 0 Å². The van der Waals surface area contributed by atoms with E-state index in [4.69, 9.17) is 4.99 Å². The fraction of sp³-hybridized carbons (Fsp3) is 0.273. The Kier molecular flexibility index (Phi) is 4.50. The number of hydrogen-bond donors (Lipinski definition) is 1. The van der Waals surface area contributed by atoms with Crippen molar-refractivity contribution in [3.63, 3.8) is 0 Å². The first-order valence-electron chi connectivity index (χ1n) is 9.31. The molecule has 0 saturated carbocycles. The molecule has 0 spiro atoms. The van der Waals surface area contributed by atoms with Crippen LogP contribution < -0.4 is 5.19 Å². The average Bonchev–Trinajstić information content (AvgIpc) is 3.13. The fourth-order valence-corrected chi connectivity index (χ4v) is 12.9. The van der Waals surface area contributed by atoms with Gasteiger partial charge in [-0.05, 0) is 0 Å². The van der Waals surface area contributed by atoms with E-state index < -0.39 is 8.07 Å². The average molecular weight is 440 g/mol. The molecular weight excluding hydrogens is 417 g/mol. The molecule has 0 saturated heterocycles. The van der Waals surface area contributed by atoms with Gasteiger partial charge in [0, 0.05) is 0 Å². The Hall–Kier alpha value is -1.94. The maximum absolute atomic E-state index is 12.3. The molecule has 1 aliphatic heterocycles. The van der Waals surface area contributed by atoms with Gasteiger partial charge >= 0.3 is 167 Å². The predicted molar refractivity (Wildman–Crippen MR) is 115 cm³/mol. The van der Waals surface area contributed by atoms with Crippen molar-refractivity contribution < 1.29 is 9.90 Å². The fourth-order valence-electron chi connectivity index (χ4n) is 4.84. The molecule has 0 atom stereocenters. The van der Waals surface area contributed by atoms with Gasteiger partial charge in [0.25, 0.3) is 0 Å². The quantitative estimate of drug-likeness (QED) is 0.572. The SMILES string of the molecule is CC(C)[Si]1(C(C)C)C2=CC(=O)C=CC2=Nc2ccc(O)c(-c3ccc[se]3)c21. The van der Waals surface area contributed by atoms with Gasteiger partial charge in [-0.1, -0.05) is 0 Å². The normalized spacial score (nSPS) is 17.6. The summed E-state index contributed by atoms with van der Waals surface area (Å²) in [6.45, 7) is 9.07. The van der Waals surface area contributed by atoms with E-state index in [-0.39, 0.29) is 20.3 Å². The van der Waals surface area contributed by atoms with Crippen LogP contribution in [0.1, 0.15) is 27.7 Å². The molecule has 0 unspecified atom stereocenters. The zero-order valence-electron chi connectivity index (χ0n) is 16.0. The summed E-state index contributed by atoms with van der Waals surface area (Å²) in [5.74, 6) is 0.374. The van der Waals surface area contributed by atoms with Crippen molar-refractivity contribution in [3.05, 3.63) is 52.6 Å². The molecule has 2 heterocycles. The topological polar surface area (TPSA) is 49.7 Å². The molecule has 1 aliphatic carbocycles. The van der Waals surface area contributed by atoms with Crippen molar-refractivity contribution in [3.8, 4) is 15.8 Å². The van der Waals surface area contributed by atoms with Crippen LogP contribution in [0.3, 0.4) is 0 Å². The number of allylic oxidation sites excluding steroid dienone is 4. The number of benzene rings is 1. The molecule has 4 rings (SSSR count). The second-order valence-electron chi connectivity index (χ2n) is 7.80. The van der Waals surface area contributed by atoms with Crippen LogP contribution in [0.2, 0.25) is 11.1 Å². The second-order valence-corrected chi connectivity index (χ2v) is 14.9. The summed E-state index contributed by atoms with van der Waals surface area (Å²) in [5.41, 5.74) is 3.60. The van der Waals surface area contributed by atoms with Gasteiger partial charge in [0.1, 0.15) is 0 Å². The number of rotatable bonds is 3. The number of fused-ring (bicyclic) bond motifs is 2. The Balaban J connectivity index is 2.18. The van der Waals surface area contributed by atoms with Gasteiger partial charge in [-0.2, -0.15) is 0 Å². The number of phenolic OH excluding ortho intramolecular Hbond substituents is 1. The van der Waals surface area contributed by atoms with Crippen LogP contribution in [0, 0.1) is 0 Å². The molecule has 0 radical (unpaired) electrons. The number of hydrogen-bond acceptors (Lipinski definition) is 3. The molecule has 0 bridgehead atoms. The molecule has 1 aromatic heterocycles. The summed E-state index contributed by atoms with van der Waals surface area (Å²) in [4.78, 5) is 19.4. The predicted octanol–water partition coefficient (Wildman–Crippen LogP) is 4.28. The molecule has 3 nitrogen and oxygen atoms in total. The van der Waals surface area contributed by atoms with Crippen LogP contribution in [0.4, 0.5) is 5.69 Å². The van der Waals surface area contributed by atoms with Crippen molar-refractivity contribution in [2.75, 3.05) is 0 Å². The number of carbonyl (C=O) groups is 1. The Morgan fingerprint density at radius 2 is 1.81 bits per heavy atom. The van der Waals surface area contributed by atoms with Gasteiger partial charge in [-0.3, -0.25) is 0 Å². The van der Waals surface area contributed by atoms with E-state index in [1.165, 1.54) is 9.62 Å². The van der Waals surface area contributed by atoms with E-state index in [2.05, 4.69) is 44.8 Å². The maximum atomic E-state index is 12.3. The molecule has 1 aromatic carbocycles. The molecule has 2 aromatic rings. The number of ketones is 1.